The number of phenolic OH excluding ortho intramolecular Hbond substituents is 1. The van der Waals surface area contributed by atoms with Crippen molar-refractivity contribution < 1.29 is 26.2 Å². The molecule has 8 aromatic carbocycles. The molecule has 0 unspecified atom stereocenters. The first-order chi connectivity index (χ1) is 32.9. The van der Waals surface area contributed by atoms with Crippen molar-refractivity contribution in [3.63, 3.8) is 0 Å². The molecule has 1 N–H and O–H groups in total. The van der Waals surface area contributed by atoms with Gasteiger partial charge in [-0.2, -0.15) is 0 Å². The molecule has 0 atom stereocenters. The van der Waals surface area contributed by atoms with Crippen molar-refractivity contribution >= 4 is 11.0 Å². The summed E-state index contributed by atoms with van der Waals surface area (Å²) in [6.07, 6.45) is 1.90. The van der Waals surface area contributed by atoms with Crippen LogP contribution < -0.4 is 0 Å². The SMILES string of the molecule is CC(C)c1cc(-c2nc3c(-c4[c-]c(-c5cc(-c6ccc(-c7ccccc7)cc6)ccn5)cc(-c5ccccc5)c4)cccc3n2-c2ccc(-c3ccccc3)cc2C(C)(C)C)c(O)c(C(C)C)c1.[Pt]. The second kappa shape index (κ2) is 19.5. The largest absolute Gasteiger partial charge is 0.507 e. The van der Waals surface area contributed by atoms with E-state index in [2.05, 4.69) is 241 Å². The van der Waals surface area contributed by atoms with E-state index in [0.29, 0.717) is 5.82 Å². The van der Waals surface area contributed by atoms with Gasteiger partial charge in [-0.05, 0) is 103 Å². The summed E-state index contributed by atoms with van der Waals surface area (Å²) in [5, 5.41) is 12.4. The van der Waals surface area contributed by atoms with Crippen molar-refractivity contribution in [1.82, 2.24) is 14.5 Å². The molecule has 0 aliphatic carbocycles. The van der Waals surface area contributed by atoms with E-state index in [9.17, 15) is 5.11 Å². The molecule has 0 aliphatic heterocycles. The van der Waals surface area contributed by atoms with Gasteiger partial charge in [0.15, 0.2) is 0 Å². The van der Waals surface area contributed by atoms with Crippen LogP contribution >= 0.6 is 0 Å². The number of imidazole rings is 1. The van der Waals surface area contributed by atoms with Crippen LogP contribution in [0.15, 0.2) is 194 Å². The Labute approximate surface area is 421 Å². The maximum absolute atomic E-state index is 12.4. The Morgan fingerprint density at radius 1 is 0.507 bits per heavy atom. The number of pyridine rings is 1. The van der Waals surface area contributed by atoms with Gasteiger partial charge in [0.1, 0.15) is 11.6 Å². The van der Waals surface area contributed by atoms with E-state index >= 15 is 0 Å². The van der Waals surface area contributed by atoms with Gasteiger partial charge in [-0.1, -0.05) is 211 Å². The molecule has 0 amide bonds. The molecule has 69 heavy (non-hydrogen) atoms. The first-order valence-corrected chi connectivity index (χ1v) is 23.8. The number of fused-ring (bicyclic) bond motifs is 1. The van der Waals surface area contributed by atoms with E-state index in [4.69, 9.17) is 9.97 Å². The van der Waals surface area contributed by atoms with Crippen molar-refractivity contribution in [3.05, 3.63) is 217 Å². The molecule has 0 bridgehead atoms. The third kappa shape index (κ3) is 9.39. The summed E-state index contributed by atoms with van der Waals surface area (Å²) in [5.41, 5.74) is 19.1. The minimum atomic E-state index is -0.241. The molecule has 10 aromatic rings. The Hall–Kier alpha value is -7.13. The van der Waals surface area contributed by atoms with Gasteiger partial charge < -0.3 is 5.11 Å². The monoisotopic (exact) mass is 1080 g/mol. The number of phenols is 1. The van der Waals surface area contributed by atoms with Crippen molar-refractivity contribution in [2.45, 2.75) is 65.7 Å². The van der Waals surface area contributed by atoms with Crippen LogP contribution in [0.4, 0.5) is 0 Å². The molecule has 4 nitrogen and oxygen atoms in total. The predicted molar refractivity (Wildman–Crippen MR) is 284 cm³/mol. The summed E-state index contributed by atoms with van der Waals surface area (Å²) >= 11 is 0. The zero-order chi connectivity index (χ0) is 47.1. The molecule has 0 spiro atoms. The molecule has 0 saturated heterocycles. The van der Waals surface area contributed by atoms with Crippen LogP contribution in [0.2, 0.25) is 0 Å². The Bertz CT molecular complexity index is 3420. The van der Waals surface area contributed by atoms with Gasteiger partial charge in [0.05, 0.1) is 22.3 Å². The van der Waals surface area contributed by atoms with Crippen LogP contribution in [0.5, 0.6) is 5.75 Å². The first kappa shape index (κ1) is 47.0. The number of aromatic nitrogens is 3. The van der Waals surface area contributed by atoms with Crippen LogP contribution in [0.3, 0.4) is 0 Å². The number of rotatable bonds is 10. The van der Waals surface area contributed by atoms with E-state index in [-0.39, 0.29) is 44.1 Å². The Morgan fingerprint density at radius 3 is 1.67 bits per heavy atom. The fraction of sp³-hybridized carbons (Fsp3) is 0.156. The van der Waals surface area contributed by atoms with Crippen LogP contribution in [-0.2, 0) is 26.5 Å². The molecule has 10 rings (SSSR count). The second-order valence-corrected chi connectivity index (χ2v) is 19.5. The summed E-state index contributed by atoms with van der Waals surface area (Å²) in [5.74, 6) is 1.30. The fourth-order valence-corrected chi connectivity index (χ4v) is 9.40. The molecule has 2 heterocycles. The van der Waals surface area contributed by atoms with Gasteiger partial charge in [-0.15, -0.1) is 23.8 Å². The molecular weight excluding hydrogens is 1020 g/mol. The van der Waals surface area contributed by atoms with Crippen molar-refractivity contribution in [2.75, 3.05) is 0 Å². The van der Waals surface area contributed by atoms with Crippen LogP contribution in [0.25, 0.3) is 95.0 Å². The third-order valence-corrected chi connectivity index (χ3v) is 13.2. The van der Waals surface area contributed by atoms with E-state index in [1.807, 2.05) is 12.3 Å². The quantitative estimate of drug-likeness (QED) is 0.139. The van der Waals surface area contributed by atoms with Gasteiger partial charge in [0.25, 0.3) is 0 Å². The average molecular weight is 1080 g/mol. The topological polar surface area (TPSA) is 50.9 Å². The standard InChI is InChI=1S/C64H56N3O.Pt/c1-41(2)50-37-55(42(3)4)62(68)56(38-50)63-66-61-54(24-17-25-60(61)67(63)59-31-30-48(39-57(59)64(5,6)7)44-20-13-9-14-21-44)52-34-51(45-22-15-10-16-23-45)35-53(36-52)58-40-49(32-33-65-58)47-28-26-46(27-29-47)43-18-11-8-12-19-43;/h8-35,37-42,68H,1-7H3;/q-1;. The molecule has 0 aliphatic rings. The molecule has 0 saturated carbocycles. The van der Waals surface area contributed by atoms with E-state index in [0.717, 1.165) is 89.2 Å². The van der Waals surface area contributed by atoms with Crippen molar-refractivity contribution in [2.24, 2.45) is 0 Å². The maximum Gasteiger partial charge on any atom is 0.148 e. The second-order valence-electron chi connectivity index (χ2n) is 19.5. The normalized spacial score (nSPS) is 11.6. The maximum atomic E-state index is 12.4. The zero-order valence-corrected chi connectivity index (χ0v) is 42.5. The first-order valence-electron chi connectivity index (χ1n) is 23.8. The number of nitrogens with zero attached hydrogens (tertiary/aromatic N) is 3. The molecule has 2 aromatic heterocycles. The number of hydrogen-bond donors (Lipinski definition) is 1. The average Bonchev–Trinajstić information content (AvgIpc) is 3.76. The number of para-hydroxylation sites is 1. The van der Waals surface area contributed by atoms with Crippen molar-refractivity contribution in [3.8, 4) is 89.7 Å². The summed E-state index contributed by atoms with van der Waals surface area (Å²) in [6.45, 7) is 15.5. The van der Waals surface area contributed by atoms with Gasteiger partial charge in [0.2, 0.25) is 0 Å². The number of benzene rings is 8. The Kier molecular flexibility index (Phi) is 13.2. The molecule has 0 fully saturated rings. The summed E-state index contributed by atoms with van der Waals surface area (Å²) in [4.78, 5) is 10.6. The molecule has 5 heteroatoms. The number of aromatic hydroxyl groups is 1. The number of hydrogen-bond acceptors (Lipinski definition) is 3. The third-order valence-electron chi connectivity index (χ3n) is 13.2. The Morgan fingerprint density at radius 2 is 1.06 bits per heavy atom. The minimum absolute atomic E-state index is 0. The van der Waals surface area contributed by atoms with Crippen LogP contribution in [0, 0.1) is 6.07 Å². The molecular formula is C64H56N3OPt-. The zero-order valence-electron chi connectivity index (χ0n) is 40.2. The van der Waals surface area contributed by atoms with Crippen LogP contribution in [-0.4, -0.2) is 19.6 Å². The minimum Gasteiger partial charge on any atom is -0.507 e. The fourth-order valence-electron chi connectivity index (χ4n) is 9.40. The summed E-state index contributed by atoms with van der Waals surface area (Å²) < 4.78 is 2.29. The van der Waals surface area contributed by atoms with E-state index in [1.165, 1.54) is 16.7 Å². The van der Waals surface area contributed by atoms with Gasteiger partial charge in [-0.25, -0.2) is 4.98 Å². The summed E-state index contributed by atoms with van der Waals surface area (Å²) in [7, 11) is 0. The van der Waals surface area contributed by atoms with Gasteiger partial charge in [0, 0.05) is 33.0 Å². The Balaban J connectivity index is 0.00000593. The molecule has 0 radical (unpaired) electrons. The summed E-state index contributed by atoms with van der Waals surface area (Å²) in [6, 6.07) is 70.3. The van der Waals surface area contributed by atoms with Crippen LogP contribution in [0.1, 0.15) is 77.0 Å². The van der Waals surface area contributed by atoms with E-state index in [1.54, 1.807) is 0 Å². The van der Waals surface area contributed by atoms with E-state index < -0.39 is 0 Å². The van der Waals surface area contributed by atoms with Gasteiger partial charge >= 0.3 is 0 Å². The van der Waals surface area contributed by atoms with Gasteiger partial charge in [-0.3, -0.25) is 9.55 Å². The molecule has 344 valence electrons. The smallest absolute Gasteiger partial charge is 0.148 e. The predicted octanol–water partition coefficient (Wildman–Crippen LogP) is 17.1. The van der Waals surface area contributed by atoms with Crippen molar-refractivity contribution in [1.29, 1.82) is 0 Å².